The quantitative estimate of drug-likeness (QED) is 0.905. The number of rotatable bonds is 2. The van der Waals surface area contributed by atoms with E-state index in [2.05, 4.69) is 24.4 Å². The first kappa shape index (κ1) is 15.6. The second kappa shape index (κ2) is 5.94. The van der Waals surface area contributed by atoms with Crippen LogP contribution >= 0.6 is 0 Å². The third-order valence-electron chi connectivity index (χ3n) is 5.60. The Hall–Kier alpha value is -2.69. The van der Waals surface area contributed by atoms with E-state index >= 15 is 0 Å². The van der Waals surface area contributed by atoms with Gasteiger partial charge in [-0.1, -0.05) is 18.2 Å². The van der Waals surface area contributed by atoms with Gasteiger partial charge in [-0.25, -0.2) is 4.79 Å². The molecule has 0 radical (unpaired) electrons. The molecular formula is C21H22N2O3. The fourth-order valence-electron chi connectivity index (χ4n) is 4.40. The number of carbonyl (C=O) groups is 1. The molecule has 2 aromatic carbocycles. The maximum absolute atomic E-state index is 12.9. The third-order valence-corrected chi connectivity index (χ3v) is 5.60. The minimum absolute atomic E-state index is 0.0503. The Labute approximate surface area is 152 Å². The first-order chi connectivity index (χ1) is 12.7. The van der Waals surface area contributed by atoms with Crippen molar-refractivity contribution in [2.24, 2.45) is 0 Å². The van der Waals surface area contributed by atoms with E-state index in [1.54, 1.807) is 0 Å². The van der Waals surface area contributed by atoms with E-state index in [1.165, 1.54) is 16.7 Å². The SMILES string of the molecule is CC1Cc2ccccc2N1C(=O)NCc1c2c(cc3c1OCC3)OCC2. The van der Waals surface area contributed by atoms with Gasteiger partial charge in [0.25, 0.3) is 0 Å². The molecule has 1 unspecified atom stereocenters. The van der Waals surface area contributed by atoms with Gasteiger partial charge in [-0.2, -0.15) is 0 Å². The van der Waals surface area contributed by atoms with Crippen molar-refractivity contribution < 1.29 is 14.3 Å². The number of para-hydroxylation sites is 1. The molecule has 2 amide bonds. The number of nitrogens with zero attached hydrogens (tertiary/aromatic N) is 1. The second-order valence-corrected chi connectivity index (χ2v) is 7.23. The summed E-state index contributed by atoms with van der Waals surface area (Å²) in [6, 6.07) is 10.4. The predicted octanol–water partition coefficient (Wildman–Crippen LogP) is 3.22. The van der Waals surface area contributed by atoms with Gasteiger partial charge >= 0.3 is 6.03 Å². The molecular weight excluding hydrogens is 328 g/mol. The van der Waals surface area contributed by atoms with Gasteiger partial charge in [0.2, 0.25) is 0 Å². The summed E-state index contributed by atoms with van der Waals surface area (Å²) >= 11 is 0. The third kappa shape index (κ3) is 2.34. The molecule has 3 aliphatic heterocycles. The van der Waals surface area contributed by atoms with E-state index in [0.29, 0.717) is 19.8 Å². The van der Waals surface area contributed by atoms with Crippen molar-refractivity contribution >= 4 is 11.7 Å². The number of carbonyl (C=O) groups excluding carboxylic acids is 1. The lowest BCUT2D eigenvalue weighted by molar-refractivity contribution is 0.244. The van der Waals surface area contributed by atoms with Crippen LogP contribution in [0.1, 0.15) is 29.2 Å². The predicted molar refractivity (Wildman–Crippen MR) is 99.2 cm³/mol. The van der Waals surface area contributed by atoms with Gasteiger partial charge in [-0.15, -0.1) is 0 Å². The highest BCUT2D eigenvalue weighted by Gasteiger charge is 2.31. The normalized spacial score (nSPS) is 19.4. The summed E-state index contributed by atoms with van der Waals surface area (Å²) in [7, 11) is 0. The summed E-state index contributed by atoms with van der Waals surface area (Å²) < 4.78 is 11.6. The Kier molecular flexibility index (Phi) is 3.55. The lowest BCUT2D eigenvalue weighted by Gasteiger charge is -2.23. The molecule has 0 aromatic heterocycles. The number of urea groups is 1. The topological polar surface area (TPSA) is 50.8 Å². The van der Waals surface area contributed by atoms with Crippen LogP contribution < -0.4 is 19.7 Å². The lowest BCUT2D eigenvalue weighted by Crippen LogP contribution is -2.43. The van der Waals surface area contributed by atoms with Crippen LogP contribution in [0.15, 0.2) is 30.3 Å². The van der Waals surface area contributed by atoms with Crippen molar-refractivity contribution in [3.05, 3.63) is 52.6 Å². The summed E-state index contributed by atoms with van der Waals surface area (Å²) in [5.74, 6) is 1.91. The van der Waals surface area contributed by atoms with Crippen LogP contribution in [-0.2, 0) is 25.8 Å². The lowest BCUT2D eigenvalue weighted by atomic mass is 9.99. The van der Waals surface area contributed by atoms with E-state index in [-0.39, 0.29) is 12.1 Å². The van der Waals surface area contributed by atoms with Crippen molar-refractivity contribution in [2.75, 3.05) is 18.1 Å². The molecule has 5 rings (SSSR count). The molecule has 0 saturated heterocycles. The molecule has 5 heteroatoms. The van der Waals surface area contributed by atoms with Gasteiger partial charge in [-0.05, 0) is 31.0 Å². The van der Waals surface area contributed by atoms with E-state index in [1.807, 2.05) is 23.1 Å². The fourth-order valence-corrected chi connectivity index (χ4v) is 4.40. The Morgan fingerprint density at radius 1 is 1.19 bits per heavy atom. The van der Waals surface area contributed by atoms with Gasteiger partial charge < -0.3 is 14.8 Å². The van der Waals surface area contributed by atoms with Gasteiger partial charge in [0.1, 0.15) is 11.5 Å². The Morgan fingerprint density at radius 2 is 2.04 bits per heavy atom. The minimum atomic E-state index is -0.0503. The number of nitrogens with one attached hydrogen (secondary N) is 1. The Bertz CT molecular complexity index is 861. The van der Waals surface area contributed by atoms with Crippen molar-refractivity contribution in [1.82, 2.24) is 5.32 Å². The molecule has 0 aliphatic carbocycles. The van der Waals surface area contributed by atoms with Crippen LogP contribution in [-0.4, -0.2) is 25.3 Å². The van der Waals surface area contributed by atoms with Crippen LogP contribution in [0.4, 0.5) is 10.5 Å². The van der Waals surface area contributed by atoms with E-state index in [0.717, 1.165) is 42.0 Å². The summed E-state index contributed by atoms with van der Waals surface area (Å²) in [6.07, 6.45) is 2.68. The highest BCUT2D eigenvalue weighted by Crippen LogP contribution is 2.40. The Morgan fingerprint density at radius 3 is 2.96 bits per heavy atom. The molecule has 0 spiro atoms. The van der Waals surface area contributed by atoms with Crippen LogP contribution in [0.25, 0.3) is 0 Å². The van der Waals surface area contributed by atoms with Crippen molar-refractivity contribution in [3.8, 4) is 11.5 Å². The van der Waals surface area contributed by atoms with Crippen molar-refractivity contribution in [2.45, 2.75) is 38.8 Å². The summed E-state index contributed by atoms with van der Waals surface area (Å²) in [4.78, 5) is 14.8. The highest BCUT2D eigenvalue weighted by molar-refractivity contribution is 5.95. The average Bonchev–Trinajstić information content (AvgIpc) is 3.35. The van der Waals surface area contributed by atoms with Gasteiger partial charge in [0.05, 0.1) is 13.2 Å². The van der Waals surface area contributed by atoms with Gasteiger partial charge in [0.15, 0.2) is 0 Å². The molecule has 1 atom stereocenters. The maximum atomic E-state index is 12.9. The van der Waals surface area contributed by atoms with Crippen LogP contribution in [0.5, 0.6) is 11.5 Å². The van der Waals surface area contributed by atoms with Crippen molar-refractivity contribution in [3.63, 3.8) is 0 Å². The number of anilines is 1. The summed E-state index contributed by atoms with van der Waals surface area (Å²) in [6.45, 7) is 3.97. The maximum Gasteiger partial charge on any atom is 0.322 e. The number of hydrogen-bond donors (Lipinski definition) is 1. The first-order valence-electron chi connectivity index (χ1n) is 9.30. The first-order valence-corrected chi connectivity index (χ1v) is 9.30. The average molecular weight is 350 g/mol. The molecule has 26 heavy (non-hydrogen) atoms. The number of amides is 2. The zero-order valence-electron chi connectivity index (χ0n) is 14.9. The molecule has 0 fully saturated rings. The number of fused-ring (bicyclic) bond motifs is 3. The van der Waals surface area contributed by atoms with Gasteiger partial charge in [-0.3, -0.25) is 4.90 Å². The molecule has 2 aromatic rings. The molecule has 3 aliphatic rings. The summed E-state index contributed by atoms with van der Waals surface area (Å²) in [5.41, 5.74) is 5.70. The minimum Gasteiger partial charge on any atom is -0.493 e. The monoisotopic (exact) mass is 350 g/mol. The second-order valence-electron chi connectivity index (χ2n) is 7.23. The number of hydrogen-bond acceptors (Lipinski definition) is 3. The molecule has 1 N–H and O–H groups in total. The van der Waals surface area contributed by atoms with E-state index < -0.39 is 0 Å². The van der Waals surface area contributed by atoms with Crippen LogP contribution in [0, 0.1) is 0 Å². The van der Waals surface area contributed by atoms with E-state index in [9.17, 15) is 4.79 Å². The van der Waals surface area contributed by atoms with Crippen LogP contribution in [0.3, 0.4) is 0 Å². The van der Waals surface area contributed by atoms with Crippen molar-refractivity contribution in [1.29, 1.82) is 0 Å². The largest absolute Gasteiger partial charge is 0.493 e. The molecule has 5 nitrogen and oxygen atoms in total. The fraction of sp³-hybridized carbons (Fsp3) is 0.381. The Balaban J connectivity index is 1.40. The molecule has 0 saturated carbocycles. The van der Waals surface area contributed by atoms with E-state index in [4.69, 9.17) is 9.47 Å². The number of ether oxygens (including phenoxy) is 2. The molecule has 3 heterocycles. The number of benzene rings is 2. The molecule has 0 bridgehead atoms. The van der Waals surface area contributed by atoms with Crippen LogP contribution in [0.2, 0.25) is 0 Å². The zero-order chi connectivity index (χ0) is 17.7. The van der Waals surface area contributed by atoms with Gasteiger partial charge in [0, 0.05) is 47.8 Å². The summed E-state index contributed by atoms with van der Waals surface area (Å²) in [5, 5.41) is 3.12. The standard InChI is InChI=1S/C21H22N2O3/c1-13-10-14-4-2-3-5-18(14)23(13)21(24)22-12-17-16-7-9-25-19(16)11-15-6-8-26-20(15)17/h2-5,11,13H,6-10,12H2,1H3,(H,22,24). The highest BCUT2D eigenvalue weighted by atomic mass is 16.5. The zero-order valence-corrected chi connectivity index (χ0v) is 14.9. The smallest absolute Gasteiger partial charge is 0.322 e. The molecule has 134 valence electrons.